The van der Waals surface area contributed by atoms with E-state index in [1.54, 1.807) is 11.3 Å². The molecule has 1 fully saturated rings. The number of rotatable bonds is 2. The van der Waals surface area contributed by atoms with Gasteiger partial charge in [-0.15, -0.1) is 11.3 Å². The number of anilines is 2. The van der Waals surface area contributed by atoms with Crippen molar-refractivity contribution in [1.82, 2.24) is 9.88 Å². The van der Waals surface area contributed by atoms with Crippen molar-refractivity contribution < 1.29 is 0 Å². The Morgan fingerprint density at radius 1 is 1.40 bits per heavy atom. The van der Waals surface area contributed by atoms with E-state index in [4.69, 9.17) is 5.73 Å². The Hall–Kier alpha value is -1.33. The summed E-state index contributed by atoms with van der Waals surface area (Å²) in [6.07, 6.45) is 2.48. The number of benzene rings is 1. The molecular weight excluding hydrogens is 268 g/mol. The number of hydrogen-bond acceptors (Lipinski definition) is 5. The van der Waals surface area contributed by atoms with E-state index in [9.17, 15) is 0 Å². The zero-order chi connectivity index (χ0) is 14.3. The number of nitrogens with zero attached hydrogens (tertiary/aromatic N) is 3. The standard InChI is InChI=1S/C15H22N4S/c1-10-17-13-8-14(12(16)7-15(13)20-10)19-6-4-5-11(9-19)18(2)3/h7-8,11H,4-6,9,16H2,1-3H3. The summed E-state index contributed by atoms with van der Waals surface area (Å²) in [6, 6.07) is 4.84. The third-order valence-corrected chi connectivity index (χ3v) is 5.04. The molecule has 0 saturated carbocycles. The van der Waals surface area contributed by atoms with Crippen LogP contribution < -0.4 is 10.6 Å². The van der Waals surface area contributed by atoms with Crippen LogP contribution in [-0.2, 0) is 0 Å². The normalized spacial score (nSPS) is 20.0. The molecule has 1 aliphatic heterocycles. The van der Waals surface area contributed by atoms with Gasteiger partial charge in [-0.05, 0) is 46.0 Å². The van der Waals surface area contributed by atoms with Gasteiger partial charge in [0.2, 0.25) is 0 Å². The second kappa shape index (κ2) is 5.22. The van der Waals surface area contributed by atoms with Gasteiger partial charge >= 0.3 is 0 Å². The van der Waals surface area contributed by atoms with E-state index >= 15 is 0 Å². The van der Waals surface area contributed by atoms with E-state index in [0.29, 0.717) is 6.04 Å². The van der Waals surface area contributed by atoms with Gasteiger partial charge in [0, 0.05) is 19.1 Å². The summed E-state index contributed by atoms with van der Waals surface area (Å²) in [4.78, 5) is 9.32. The molecule has 3 rings (SSSR count). The van der Waals surface area contributed by atoms with Gasteiger partial charge in [0.1, 0.15) is 0 Å². The molecule has 1 aromatic carbocycles. The van der Waals surface area contributed by atoms with Gasteiger partial charge in [0.05, 0.1) is 26.6 Å². The van der Waals surface area contributed by atoms with Crippen molar-refractivity contribution >= 4 is 32.9 Å². The van der Waals surface area contributed by atoms with E-state index in [1.807, 2.05) is 6.92 Å². The highest BCUT2D eigenvalue weighted by Gasteiger charge is 2.23. The molecule has 1 aromatic heterocycles. The predicted molar refractivity (Wildman–Crippen MR) is 87.7 cm³/mol. The molecule has 0 bridgehead atoms. The fraction of sp³-hybridized carbons (Fsp3) is 0.533. The number of aromatic nitrogens is 1. The Morgan fingerprint density at radius 3 is 2.95 bits per heavy atom. The van der Waals surface area contributed by atoms with Crippen LogP contribution in [0.15, 0.2) is 12.1 Å². The maximum Gasteiger partial charge on any atom is 0.0907 e. The molecule has 0 spiro atoms. The zero-order valence-electron chi connectivity index (χ0n) is 12.4. The molecule has 5 heteroatoms. The SMILES string of the molecule is Cc1nc2cc(N3CCCC(N(C)C)C3)c(N)cc2s1. The lowest BCUT2D eigenvalue weighted by molar-refractivity contribution is 0.258. The van der Waals surface area contributed by atoms with Gasteiger partial charge < -0.3 is 15.5 Å². The minimum absolute atomic E-state index is 0.607. The van der Waals surface area contributed by atoms with Crippen molar-refractivity contribution in [3.05, 3.63) is 17.1 Å². The van der Waals surface area contributed by atoms with Gasteiger partial charge in [-0.25, -0.2) is 4.98 Å². The highest BCUT2D eigenvalue weighted by atomic mass is 32.1. The van der Waals surface area contributed by atoms with Crippen LogP contribution in [0.5, 0.6) is 0 Å². The number of likely N-dealkylation sites (N-methyl/N-ethyl adjacent to an activating group) is 1. The van der Waals surface area contributed by atoms with Crippen LogP contribution in [0.2, 0.25) is 0 Å². The Balaban J connectivity index is 1.94. The van der Waals surface area contributed by atoms with Crippen LogP contribution >= 0.6 is 11.3 Å². The molecule has 0 amide bonds. The van der Waals surface area contributed by atoms with E-state index in [1.165, 1.54) is 17.5 Å². The maximum absolute atomic E-state index is 6.27. The smallest absolute Gasteiger partial charge is 0.0907 e. The lowest BCUT2D eigenvalue weighted by atomic mass is 10.0. The number of hydrogen-bond donors (Lipinski definition) is 1. The van der Waals surface area contributed by atoms with Gasteiger partial charge in [-0.2, -0.15) is 0 Å². The summed E-state index contributed by atoms with van der Waals surface area (Å²) in [6.45, 7) is 4.18. The minimum Gasteiger partial charge on any atom is -0.397 e. The highest BCUT2D eigenvalue weighted by Crippen LogP contribution is 2.33. The van der Waals surface area contributed by atoms with Gasteiger partial charge in [-0.1, -0.05) is 0 Å². The maximum atomic E-state index is 6.27. The molecule has 1 unspecified atom stereocenters. The Labute approximate surface area is 124 Å². The monoisotopic (exact) mass is 290 g/mol. The summed E-state index contributed by atoms with van der Waals surface area (Å²) >= 11 is 1.71. The van der Waals surface area contributed by atoms with E-state index in [0.717, 1.165) is 35.0 Å². The lowest BCUT2D eigenvalue weighted by Crippen LogP contribution is -2.45. The number of piperidine rings is 1. The molecule has 2 aromatic rings. The molecule has 2 heterocycles. The first-order valence-electron chi connectivity index (χ1n) is 7.12. The fourth-order valence-electron chi connectivity index (χ4n) is 2.96. The molecular formula is C15H22N4S. The van der Waals surface area contributed by atoms with E-state index in [-0.39, 0.29) is 0 Å². The molecule has 1 aliphatic rings. The topological polar surface area (TPSA) is 45.4 Å². The summed E-state index contributed by atoms with van der Waals surface area (Å²) in [5, 5.41) is 1.10. The molecule has 2 N–H and O–H groups in total. The number of nitrogens with two attached hydrogens (primary N) is 1. The molecule has 1 saturated heterocycles. The summed E-state index contributed by atoms with van der Waals surface area (Å²) in [7, 11) is 4.31. The fourth-order valence-corrected chi connectivity index (χ4v) is 3.82. The minimum atomic E-state index is 0.607. The van der Waals surface area contributed by atoms with Crippen molar-refractivity contribution in [2.75, 3.05) is 37.8 Å². The van der Waals surface area contributed by atoms with E-state index < -0.39 is 0 Å². The van der Waals surface area contributed by atoms with Gasteiger partial charge in [0.15, 0.2) is 0 Å². The van der Waals surface area contributed by atoms with Crippen molar-refractivity contribution in [1.29, 1.82) is 0 Å². The predicted octanol–water partition coefficient (Wildman–Crippen LogP) is 2.72. The summed E-state index contributed by atoms with van der Waals surface area (Å²) in [5.41, 5.74) is 9.37. The van der Waals surface area contributed by atoms with Crippen LogP contribution in [0.1, 0.15) is 17.8 Å². The molecule has 0 aliphatic carbocycles. The van der Waals surface area contributed by atoms with Gasteiger partial charge in [0.25, 0.3) is 0 Å². The van der Waals surface area contributed by atoms with E-state index in [2.05, 4.69) is 41.0 Å². The number of nitrogen functional groups attached to an aromatic ring is 1. The Morgan fingerprint density at radius 2 is 2.20 bits per heavy atom. The average molecular weight is 290 g/mol. The van der Waals surface area contributed by atoms with Gasteiger partial charge in [-0.3, -0.25) is 0 Å². The van der Waals surface area contributed by atoms with Crippen LogP contribution in [0, 0.1) is 6.92 Å². The summed E-state index contributed by atoms with van der Waals surface area (Å²) in [5.74, 6) is 0. The Kier molecular flexibility index (Phi) is 3.56. The third kappa shape index (κ3) is 2.47. The van der Waals surface area contributed by atoms with Crippen LogP contribution in [0.25, 0.3) is 10.2 Å². The van der Waals surface area contributed by atoms with Crippen LogP contribution in [-0.4, -0.2) is 43.1 Å². The first kappa shape index (κ1) is 13.6. The Bertz CT molecular complexity index is 620. The molecule has 20 heavy (non-hydrogen) atoms. The molecule has 4 nitrogen and oxygen atoms in total. The quantitative estimate of drug-likeness (QED) is 0.864. The zero-order valence-corrected chi connectivity index (χ0v) is 13.2. The number of aryl methyl sites for hydroxylation is 1. The molecule has 0 radical (unpaired) electrons. The summed E-state index contributed by atoms with van der Waals surface area (Å²) < 4.78 is 1.19. The first-order valence-corrected chi connectivity index (χ1v) is 7.94. The lowest BCUT2D eigenvalue weighted by Gasteiger charge is -2.38. The molecule has 1 atom stereocenters. The highest BCUT2D eigenvalue weighted by molar-refractivity contribution is 7.18. The largest absolute Gasteiger partial charge is 0.397 e. The van der Waals surface area contributed by atoms with Crippen molar-refractivity contribution in [2.45, 2.75) is 25.8 Å². The van der Waals surface area contributed by atoms with Crippen LogP contribution in [0.3, 0.4) is 0 Å². The number of fused-ring (bicyclic) bond motifs is 1. The number of thiazole rings is 1. The van der Waals surface area contributed by atoms with Crippen LogP contribution in [0.4, 0.5) is 11.4 Å². The first-order chi connectivity index (χ1) is 9.54. The average Bonchev–Trinajstić information content (AvgIpc) is 2.77. The van der Waals surface area contributed by atoms with Crippen molar-refractivity contribution in [3.63, 3.8) is 0 Å². The van der Waals surface area contributed by atoms with Crippen molar-refractivity contribution in [3.8, 4) is 0 Å². The molecule has 108 valence electrons. The second-order valence-electron chi connectivity index (χ2n) is 5.82. The second-order valence-corrected chi connectivity index (χ2v) is 7.05. The third-order valence-electron chi connectivity index (χ3n) is 4.11. The van der Waals surface area contributed by atoms with Crippen molar-refractivity contribution in [2.24, 2.45) is 0 Å².